The Bertz CT molecular complexity index is 724. The van der Waals surface area contributed by atoms with Crippen LogP contribution in [0.4, 0.5) is 17.1 Å². The minimum atomic E-state index is -0.371. The molecule has 6 nitrogen and oxygen atoms in total. The van der Waals surface area contributed by atoms with E-state index in [1.165, 1.54) is 12.4 Å². The fraction of sp³-hybridized carbons (Fsp3) is 0. The summed E-state index contributed by atoms with van der Waals surface area (Å²) >= 11 is 6.71. The van der Waals surface area contributed by atoms with Crippen LogP contribution in [-0.4, -0.2) is 15.9 Å². The van der Waals surface area contributed by atoms with E-state index < -0.39 is 0 Å². The third kappa shape index (κ3) is 2.38. The minimum Gasteiger partial charge on any atom is -0.319 e. The highest BCUT2D eigenvalue weighted by molar-refractivity contribution is 7.58. The van der Waals surface area contributed by atoms with Gasteiger partial charge >= 0.3 is 0 Å². The predicted octanol–water partition coefficient (Wildman–Crippen LogP) is 3.11. The summed E-state index contributed by atoms with van der Waals surface area (Å²) in [5.74, 6) is -0.371. The van der Waals surface area contributed by atoms with Gasteiger partial charge in [0.25, 0.3) is 5.91 Å². The van der Waals surface area contributed by atoms with E-state index in [4.69, 9.17) is 11.6 Å². The topological polar surface area (TPSA) is 79.6 Å². The number of rotatable bonds is 2. The first-order valence-electron chi connectivity index (χ1n) is 5.24. The van der Waals surface area contributed by atoms with Crippen LogP contribution >= 0.6 is 11.6 Å². The minimum absolute atomic E-state index is 0.185. The zero-order chi connectivity index (χ0) is 13.2. The van der Waals surface area contributed by atoms with Gasteiger partial charge < -0.3 is 5.32 Å². The molecule has 1 aliphatic rings. The van der Waals surface area contributed by atoms with Gasteiger partial charge in [0.15, 0.2) is 0 Å². The van der Waals surface area contributed by atoms with Gasteiger partial charge in [-0.05, 0) is 12.1 Å². The van der Waals surface area contributed by atoms with Crippen molar-refractivity contribution < 1.29 is 4.79 Å². The van der Waals surface area contributed by atoms with Crippen molar-refractivity contribution >= 4 is 45.9 Å². The highest BCUT2D eigenvalue weighted by Gasteiger charge is 2.14. The highest BCUT2D eigenvalue weighted by atomic mass is 35.5. The molecule has 1 aromatic heterocycles. The Morgan fingerprint density at radius 2 is 2.11 bits per heavy atom. The van der Waals surface area contributed by atoms with Crippen LogP contribution < -0.4 is 5.32 Å². The number of carbonyl (C=O) groups is 1. The molecule has 0 radical (unpaired) electrons. The Morgan fingerprint density at radius 1 is 1.21 bits per heavy atom. The molecule has 0 fully saturated rings. The van der Waals surface area contributed by atoms with Gasteiger partial charge in [0.05, 0.1) is 29.4 Å². The van der Waals surface area contributed by atoms with Gasteiger partial charge in [0, 0.05) is 0 Å². The second-order valence-corrected chi connectivity index (χ2v) is 4.53. The average Bonchev–Trinajstić information content (AvgIpc) is 2.89. The zero-order valence-corrected chi connectivity index (χ0v) is 10.9. The number of fused-ring (bicyclic) bond motifs is 1. The van der Waals surface area contributed by atoms with Crippen molar-refractivity contribution in [3.8, 4) is 0 Å². The van der Waals surface area contributed by atoms with Crippen LogP contribution in [-0.2, 0) is 11.4 Å². The van der Waals surface area contributed by atoms with Crippen molar-refractivity contribution in [2.75, 3.05) is 5.32 Å². The number of benzene rings is 1. The van der Waals surface area contributed by atoms with E-state index in [1.807, 2.05) is 6.07 Å². The summed E-state index contributed by atoms with van der Waals surface area (Å²) in [7, 11) is 0. The first kappa shape index (κ1) is 11.9. The van der Waals surface area contributed by atoms with Crippen molar-refractivity contribution in [3.05, 3.63) is 41.4 Å². The SMILES string of the molecule is O=C(Nc1cccc2c1N=S=N2)c1cnc(Cl)cn1. The fourth-order valence-corrected chi connectivity index (χ4v) is 2.17. The first-order valence-corrected chi connectivity index (χ1v) is 6.35. The van der Waals surface area contributed by atoms with Gasteiger partial charge in [-0.25, -0.2) is 9.97 Å². The summed E-state index contributed by atoms with van der Waals surface area (Å²) in [4.78, 5) is 19.7. The van der Waals surface area contributed by atoms with Crippen LogP contribution in [0.5, 0.6) is 0 Å². The number of aromatic nitrogens is 2. The molecule has 19 heavy (non-hydrogen) atoms. The summed E-state index contributed by atoms with van der Waals surface area (Å²) in [5, 5.41) is 2.96. The molecule has 1 amide bonds. The molecule has 2 aromatic rings. The number of amides is 1. The van der Waals surface area contributed by atoms with Crippen molar-refractivity contribution in [2.45, 2.75) is 0 Å². The van der Waals surface area contributed by atoms with Crippen LogP contribution in [0.25, 0.3) is 0 Å². The van der Waals surface area contributed by atoms with Gasteiger partial charge in [0.1, 0.15) is 22.2 Å². The molecule has 1 N–H and O–H groups in total. The second kappa shape index (κ2) is 4.87. The van der Waals surface area contributed by atoms with Gasteiger partial charge in [-0.3, -0.25) is 4.79 Å². The summed E-state index contributed by atoms with van der Waals surface area (Å²) in [6.45, 7) is 0. The van der Waals surface area contributed by atoms with Crippen LogP contribution in [0.15, 0.2) is 39.3 Å². The molecular formula is C11H6ClN5OS. The van der Waals surface area contributed by atoms with E-state index >= 15 is 0 Å². The summed E-state index contributed by atoms with van der Waals surface area (Å²) in [5.41, 5.74) is 2.17. The van der Waals surface area contributed by atoms with Gasteiger partial charge in [-0.2, -0.15) is 8.73 Å². The number of nitrogens with zero attached hydrogens (tertiary/aromatic N) is 4. The molecule has 1 aliphatic heterocycles. The molecule has 3 rings (SSSR count). The third-order valence-corrected chi connectivity index (χ3v) is 3.12. The predicted molar refractivity (Wildman–Crippen MR) is 73.0 cm³/mol. The first-order chi connectivity index (χ1) is 9.24. The molecule has 0 bridgehead atoms. The van der Waals surface area contributed by atoms with Crippen molar-refractivity contribution in [1.82, 2.24) is 9.97 Å². The lowest BCUT2D eigenvalue weighted by Crippen LogP contribution is -2.13. The maximum absolute atomic E-state index is 12.0. The quantitative estimate of drug-likeness (QED) is 0.788. The van der Waals surface area contributed by atoms with E-state index in [1.54, 1.807) is 12.1 Å². The third-order valence-electron chi connectivity index (χ3n) is 2.39. The Hall–Kier alpha value is -2.12. The molecule has 1 aromatic carbocycles. The Morgan fingerprint density at radius 3 is 2.89 bits per heavy atom. The molecule has 0 atom stereocenters. The Kier molecular flexibility index (Phi) is 3.06. The smallest absolute Gasteiger partial charge is 0.275 e. The number of halogens is 1. The van der Waals surface area contributed by atoms with E-state index in [9.17, 15) is 4.79 Å². The van der Waals surface area contributed by atoms with Crippen LogP contribution in [0, 0.1) is 0 Å². The summed E-state index contributed by atoms with van der Waals surface area (Å²) < 4.78 is 8.24. The van der Waals surface area contributed by atoms with Gasteiger partial charge in [-0.1, -0.05) is 17.7 Å². The standard InChI is InChI=1S/C11H6ClN5OS/c12-9-5-13-8(4-14-9)11(18)15-6-2-1-3-7-10(6)17-19-16-7/h1-5H,(H,15,18). The average molecular weight is 292 g/mol. The normalized spacial score (nSPS) is 11.8. The van der Waals surface area contributed by atoms with Crippen molar-refractivity contribution in [3.63, 3.8) is 0 Å². The van der Waals surface area contributed by atoms with Crippen LogP contribution in [0.3, 0.4) is 0 Å². The molecule has 0 spiro atoms. The Balaban J connectivity index is 1.86. The number of anilines is 1. The monoisotopic (exact) mass is 291 g/mol. The number of hydrogen-bond acceptors (Lipinski definition) is 5. The molecular weight excluding hydrogens is 286 g/mol. The highest BCUT2D eigenvalue weighted by Crippen LogP contribution is 2.38. The van der Waals surface area contributed by atoms with E-state index in [-0.39, 0.29) is 16.8 Å². The Labute approximate surface area is 116 Å². The lowest BCUT2D eigenvalue weighted by molar-refractivity contribution is 0.102. The number of nitrogens with one attached hydrogen (secondary N) is 1. The molecule has 2 heterocycles. The van der Waals surface area contributed by atoms with E-state index in [2.05, 4.69) is 24.0 Å². The summed E-state index contributed by atoms with van der Waals surface area (Å²) in [6.07, 6.45) is 2.64. The fourth-order valence-electron chi connectivity index (χ4n) is 1.52. The number of carbonyl (C=O) groups excluding carboxylic acids is 1. The number of hydrogen-bond donors (Lipinski definition) is 1. The second-order valence-electron chi connectivity index (χ2n) is 3.62. The maximum atomic E-state index is 12.0. The largest absolute Gasteiger partial charge is 0.319 e. The molecule has 0 saturated heterocycles. The molecule has 94 valence electrons. The van der Waals surface area contributed by atoms with E-state index in [0.717, 1.165) is 17.0 Å². The van der Waals surface area contributed by atoms with E-state index in [0.29, 0.717) is 11.4 Å². The zero-order valence-electron chi connectivity index (χ0n) is 9.37. The van der Waals surface area contributed by atoms with Crippen LogP contribution in [0.1, 0.15) is 10.5 Å². The molecule has 0 saturated carbocycles. The maximum Gasteiger partial charge on any atom is 0.275 e. The molecule has 8 heteroatoms. The van der Waals surface area contributed by atoms with Crippen molar-refractivity contribution in [2.24, 2.45) is 8.73 Å². The molecule has 0 aliphatic carbocycles. The lowest BCUT2D eigenvalue weighted by atomic mass is 10.2. The summed E-state index contributed by atoms with van der Waals surface area (Å²) in [6, 6.07) is 5.38. The molecule has 0 unspecified atom stereocenters. The van der Waals surface area contributed by atoms with Crippen LogP contribution in [0.2, 0.25) is 5.15 Å². The lowest BCUT2D eigenvalue weighted by Gasteiger charge is -2.06. The van der Waals surface area contributed by atoms with Crippen molar-refractivity contribution in [1.29, 1.82) is 0 Å². The van der Waals surface area contributed by atoms with Gasteiger partial charge in [0.2, 0.25) is 0 Å². The van der Waals surface area contributed by atoms with Gasteiger partial charge in [-0.15, -0.1) is 0 Å².